The Hall–Kier alpha value is -1.18. The van der Waals surface area contributed by atoms with Gasteiger partial charge in [0.15, 0.2) is 0 Å². The third kappa shape index (κ3) is 5.91. The first-order chi connectivity index (χ1) is 13.4. The molecule has 1 fully saturated rings. The van der Waals surface area contributed by atoms with Crippen LogP contribution in [0.5, 0.6) is 0 Å². The summed E-state index contributed by atoms with van der Waals surface area (Å²) in [5.74, 6) is 1.30. The fourth-order valence-corrected chi connectivity index (χ4v) is 4.46. The maximum absolute atomic E-state index is 13.1. The van der Waals surface area contributed by atoms with Gasteiger partial charge in [0.1, 0.15) is 18.8 Å². The van der Waals surface area contributed by atoms with Crippen LogP contribution in [0.2, 0.25) is 0 Å². The van der Waals surface area contributed by atoms with Crippen LogP contribution in [0.25, 0.3) is 0 Å². The lowest BCUT2D eigenvalue weighted by atomic mass is 9.85. The minimum atomic E-state index is -1.24. The highest BCUT2D eigenvalue weighted by Crippen LogP contribution is 2.31. The van der Waals surface area contributed by atoms with E-state index in [0.29, 0.717) is 24.7 Å². The van der Waals surface area contributed by atoms with Gasteiger partial charge in [0.2, 0.25) is 0 Å². The molecule has 2 amide bonds. The van der Waals surface area contributed by atoms with Gasteiger partial charge in [-0.1, -0.05) is 44.2 Å². The van der Waals surface area contributed by atoms with Crippen LogP contribution in [0.15, 0.2) is 30.3 Å². The fourth-order valence-electron chi connectivity index (χ4n) is 3.63. The highest BCUT2D eigenvalue weighted by molar-refractivity contribution is 7.81. The summed E-state index contributed by atoms with van der Waals surface area (Å²) in [6, 6.07) is 8.80. The lowest BCUT2D eigenvalue weighted by Gasteiger charge is -2.29. The van der Waals surface area contributed by atoms with Crippen LogP contribution < -0.4 is 0 Å². The van der Waals surface area contributed by atoms with Crippen molar-refractivity contribution in [3.8, 4) is 0 Å². The minimum Gasteiger partial charge on any atom is -0.446 e. The molecule has 2 rings (SSSR count). The van der Waals surface area contributed by atoms with Crippen molar-refractivity contribution in [2.75, 3.05) is 18.1 Å². The molecule has 1 aromatic carbocycles. The Morgan fingerprint density at radius 3 is 2.43 bits per heavy atom. The Kier molecular flexibility index (Phi) is 9.18. The summed E-state index contributed by atoms with van der Waals surface area (Å²) in [5.41, 5.74) is 0.819. The Morgan fingerprint density at radius 2 is 1.86 bits per heavy atom. The van der Waals surface area contributed by atoms with Crippen LogP contribution in [-0.2, 0) is 9.53 Å². The molecule has 0 aromatic heterocycles. The molecule has 0 radical (unpaired) electrons. The van der Waals surface area contributed by atoms with Crippen molar-refractivity contribution in [1.82, 2.24) is 4.90 Å². The molecule has 1 heterocycles. The van der Waals surface area contributed by atoms with Crippen molar-refractivity contribution in [2.24, 2.45) is 17.8 Å². The zero-order chi connectivity index (χ0) is 20.7. The van der Waals surface area contributed by atoms with Gasteiger partial charge in [-0.2, -0.15) is 25.3 Å². The van der Waals surface area contributed by atoms with Crippen LogP contribution in [0, 0.1) is 17.8 Å². The van der Waals surface area contributed by atoms with Gasteiger partial charge in [0.25, 0.3) is 5.91 Å². The van der Waals surface area contributed by atoms with Gasteiger partial charge in [-0.15, -0.1) is 0 Å². The van der Waals surface area contributed by atoms with Gasteiger partial charge in [-0.05, 0) is 54.1 Å². The largest absolute Gasteiger partial charge is 0.446 e. The lowest BCUT2D eigenvalue weighted by Crippen LogP contribution is -2.44. The number of rotatable bonds is 10. The lowest BCUT2D eigenvalue weighted by molar-refractivity contribution is -0.141. The summed E-state index contributed by atoms with van der Waals surface area (Å²) in [6.07, 6.45) is 0.305. The zero-order valence-corrected chi connectivity index (χ0v) is 18.3. The molecule has 3 atom stereocenters. The molecular formula is C21H31NO4S2. The SMILES string of the molecule is CC(C)CC(CCC(CS)CS)C(O)C(=O)N1C(=O)OCC1c1ccccc1. The number of thiol groups is 2. The van der Waals surface area contributed by atoms with E-state index in [9.17, 15) is 14.7 Å². The van der Waals surface area contributed by atoms with E-state index in [1.165, 1.54) is 0 Å². The van der Waals surface area contributed by atoms with Crippen LogP contribution in [0.3, 0.4) is 0 Å². The molecule has 156 valence electrons. The van der Waals surface area contributed by atoms with Crippen LogP contribution in [0.1, 0.15) is 44.7 Å². The number of hydrogen-bond donors (Lipinski definition) is 3. The first kappa shape index (κ1) is 23.1. The molecule has 7 heteroatoms. The van der Waals surface area contributed by atoms with Gasteiger partial charge < -0.3 is 9.84 Å². The van der Waals surface area contributed by atoms with Gasteiger partial charge in [0, 0.05) is 0 Å². The number of carbonyl (C=O) groups is 2. The third-order valence-electron chi connectivity index (χ3n) is 5.23. The number of ether oxygens (including phenoxy) is 1. The Morgan fingerprint density at radius 1 is 1.21 bits per heavy atom. The molecular weight excluding hydrogens is 394 g/mol. The van der Waals surface area contributed by atoms with Crippen molar-refractivity contribution in [1.29, 1.82) is 0 Å². The normalized spacial score (nSPS) is 19.2. The van der Waals surface area contributed by atoms with Gasteiger partial charge in [-0.3, -0.25) is 4.79 Å². The highest BCUT2D eigenvalue weighted by Gasteiger charge is 2.43. The summed E-state index contributed by atoms with van der Waals surface area (Å²) < 4.78 is 5.13. The second-order valence-electron chi connectivity index (χ2n) is 7.85. The average molecular weight is 426 g/mol. The second-order valence-corrected chi connectivity index (χ2v) is 8.58. The van der Waals surface area contributed by atoms with E-state index in [1.807, 2.05) is 30.3 Å². The molecule has 0 aliphatic carbocycles. The number of carbonyl (C=O) groups excluding carboxylic acids is 2. The summed E-state index contributed by atoms with van der Waals surface area (Å²) in [4.78, 5) is 26.4. The molecule has 0 bridgehead atoms. The quantitative estimate of drug-likeness (QED) is 0.496. The van der Waals surface area contributed by atoms with Gasteiger partial charge in [-0.25, -0.2) is 9.69 Å². The molecule has 1 N–H and O–H groups in total. The number of cyclic esters (lactones) is 1. The molecule has 1 aliphatic rings. The number of amides is 2. The summed E-state index contributed by atoms with van der Waals surface area (Å²) in [6.45, 7) is 4.24. The number of aliphatic hydroxyl groups excluding tert-OH is 1. The topological polar surface area (TPSA) is 66.8 Å². The molecule has 1 aromatic rings. The second kappa shape index (κ2) is 11.1. The van der Waals surface area contributed by atoms with Crippen molar-refractivity contribution >= 4 is 37.3 Å². The van der Waals surface area contributed by atoms with E-state index in [-0.39, 0.29) is 12.5 Å². The predicted molar refractivity (Wildman–Crippen MR) is 117 cm³/mol. The predicted octanol–water partition coefficient (Wildman–Crippen LogP) is 3.99. The maximum Gasteiger partial charge on any atom is 0.417 e. The van der Waals surface area contributed by atoms with E-state index >= 15 is 0 Å². The van der Waals surface area contributed by atoms with Crippen LogP contribution in [-0.4, -0.2) is 46.2 Å². The van der Waals surface area contributed by atoms with Crippen LogP contribution >= 0.6 is 25.3 Å². The zero-order valence-electron chi connectivity index (χ0n) is 16.5. The first-order valence-electron chi connectivity index (χ1n) is 9.83. The summed E-state index contributed by atoms with van der Waals surface area (Å²) in [5, 5.41) is 10.9. The minimum absolute atomic E-state index is 0.109. The molecule has 0 saturated carbocycles. The number of hydrogen-bond acceptors (Lipinski definition) is 6. The van der Waals surface area contributed by atoms with E-state index in [2.05, 4.69) is 39.1 Å². The Bertz CT molecular complexity index is 637. The summed E-state index contributed by atoms with van der Waals surface area (Å²) >= 11 is 8.70. The van der Waals surface area contributed by atoms with Gasteiger partial charge >= 0.3 is 6.09 Å². The smallest absolute Gasteiger partial charge is 0.417 e. The number of nitrogens with zero attached hydrogens (tertiary/aromatic N) is 1. The van der Waals surface area contributed by atoms with Crippen molar-refractivity contribution in [3.05, 3.63) is 35.9 Å². The number of imide groups is 1. The molecule has 1 aliphatic heterocycles. The van der Waals surface area contributed by atoms with E-state index in [0.717, 1.165) is 28.4 Å². The molecule has 3 unspecified atom stereocenters. The van der Waals surface area contributed by atoms with Crippen LogP contribution in [0.4, 0.5) is 4.79 Å². The number of benzene rings is 1. The molecule has 1 saturated heterocycles. The first-order valence-corrected chi connectivity index (χ1v) is 11.1. The van der Waals surface area contributed by atoms with E-state index in [1.54, 1.807) is 0 Å². The monoisotopic (exact) mass is 425 g/mol. The van der Waals surface area contributed by atoms with Crippen molar-refractivity contribution in [3.63, 3.8) is 0 Å². The Balaban J connectivity index is 2.15. The molecule has 5 nitrogen and oxygen atoms in total. The van der Waals surface area contributed by atoms with Gasteiger partial charge in [0.05, 0.1) is 0 Å². The molecule has 28 heavy (non-hydrogen) atoms. The highest BCUT2D eigenvalue weighted by atomic mass is 32.1. The standard InChI is InChI=1S/C21H31NO4S2/c1-14(2)10-17(9-8-15(12-27)13-28)19(23)20(24)22-18(11-26-21(22)25)16-6-4-3-5-7-16/h3-7,14-15,17-19,23,27-28H,8-13H2,1-2H3. The number of aliphatic hydroxyl groups is 1. The Labute approximate surface area is 178 Å². The van der Waals surface area contributed by atoms with E-state index in [4.69, 9.17) is 4.74 Å². The molecule has 0 spiro atoms. The third-order valence-corrected chi connectivity index (χ3v) is 6.26. The van der Waals surface area contributed by atoms with E-state index < -0.39 is 24.1 Å². The van der Waals surface area contributed by atoms with Crippen molar-refractivity contribution < 1.29 is 19.4 Å². The maximum atomic E-state index is 13.1. The average Bonchev–Trinajstić information content (AvgIpc) is 3.08. The van der Waals surface area contributed by atoms with Crippen molar-refractivity contribution in [2.45, 2.75) is 45.3 Å². The summed E-state index contributed by atoms with van der Waals surface area (Å²) in [7, 11) is 0. The fraction of sp³-hybridized carbons (Fsp3) is 0.619.